The van der Waals surface area contributed by atoms with E-state index < -0.39 is 0 Å². The molecule has 0 aliphatic rings. The van der Waals surface area contributed by atoms with Gasteiger partial charge in [0.15, 0.2) is 0 Å². The molecule has 1 rings (SSSR count). The van der Waals surface area contributed by atoms with Crippen LogP contribution in [-0.2, 0) is 0 Å². The van der Waals surface area contributed by atoms with Crippen LogP contribution < -0.4 is 5.32 Å². The van der Waals surface area contributed by atoms with Crippen molar-refractivity contribution >= 4 is 11.3 Å². The number of nitrogens with one attached hydrogen (secondary N) is 1. The lowest BCUT2D eigenvalue weighted by molar-refractivity contribution is 0.572. The smallest absolute Gasteiger partial charge is 0.0528 e. The Labute approximate surface area is 84.2 Å². The second-order valence-electron chi connectivity index (χ2n) is 2.99. The maximum absolute atomic E-state index is 5.33. The van der Waals surface area contributed by atoms with E-state index in [4.69, 9.17) is 6.42 Å². The third-order valence-electron chi connectivity index (χ3n) is 1.99. The van der Waals surface area contributed by atoms with Crippen LogP contribution in [-0.4, -0.2) is 6.54 Å². The van der Waals surface area contributed by atoms with Crippen LogP contribution in [0.25, 0.3) is 0 Å². The number of aryl methyl sites for hydroxylation is 1. The van der Waals surface area contributed by atoms with Crippen LogP contribution in [0.2, 0.25) is 0 Å². The van der Waals surface area contributed by atoms with Crippen LogP contribution in [0.15, 0.2) is 11.4 Å². The van der Waals surface area contributed by atoms with Crippen LogP contribution in [0.3, 0.4) is 0 Å². The molecule has 2 heteroatoms. The summed E-state index contributed by atoms with van der Waals surface area (Å²) in [6, 6.07) is 2.48. The number of hydrogen-bond acceptors (Lipinski definition) is 2. The molecule has 13 heavy (non-hydrogen) atoms. The number of terminal acetylenes is 1. The van der Waals surface area contributed by atoms with Crippen molar-refractivity contribution in [2.75, 3.05) is 6.54 Å². The lowest BCUT2D eigenvalue weighted by atomic mass is 10.1. The third kappa shape index (κ3) is 2.58. The van der Waals surface area contributed by atoms with E-state index in [-0.39, 0.29) is 0 Å². The maximum atomic E-state index is 5.33. The van der Waals surface area contributed by atoms with E-state index in [0.29, 0.717) is 6.04 Å². The molecule has 0 amide bonds. The highest BCUT2D eigenvalue weighted by atomic mass is 32.1. The van der Waals surface area contributed by atoms with Crippen LogP contribution in [0, 0.1) is 19.3 Å². The Kier molecular flexibility index (Phi) is 4.01. The molecule has 0 radical (unpaired) electrons. The fraction of sp³-hybridized carbons (Fsp3) is 0.455. The van der Waals surface area contributed by atoms with Gasteiger partial charge in [-0.1, -0.05) is 6.92 Å². The molecule has 1 unspecified atom stereocenters. The van der Waals surface area contributed by atoms with Gasteiger partial charge in [0.2, 0.25) is 0 Å². The van der Waals surface area contributed by atoms with Gasteiger partial charge in [0, 0.05) is 11.3 Å². The van der Waals surface area contributed by atoms with Gasteiger partial charge in [-0.2, -0.15) is 0 Å². The minimum Gasteiger partial charge on any atom is -0.309 e. The first-order valence-corrected chi connectivity index (χ1v) is 5.38. The van der Waals surface area contributed by atoms with E-state index >= 15 is 0 Å². The average molecular weight is 193 g/mol. The minimum atomic E-state index is 0.343. The van der Waals surface area contributed by atoms with Gasteiger partial charge in [-0.15, -0.1) is 23.7 Å². The van der Waals surface area contributed by atoms with Crippen molar-refractivity contribution in [3.63, 3.8) is 0 Å². The van der Waals surface area contributed by atoms with Crippen molar-refractivity contribution in [3.8, 4) is 12.3 Å². The first-order valence-electron chi connectivity index (χ1n) is 4.50. The molecule has 0 saturated carbocycles. The predicted molar refractivity (Wildman–Crippen MR) is 58.9 cm³/mol. The highest BCUT2D eigenvalue weighted by Gasteiger charge is 2.11. The summed E-state index contributed by atoms with van der Waals surface area (Å²) < 4.78 is 0. The van der Waals surface area contributed by atoms with E-state index in [9.17, 15) is 0 Å². The molecule has 1 N–H and O–H groups in total. The second-order valence-corrected chi connectivity index (χ2v) is 3.93. The Bertz CT molecular complexity index is 295. The summed E-state index contributed by atoms with van der Waals surface area (Å²) in [7, 11) is 0. The van der Waals surface area contributed by atoms with Gasteiger partial charge in [-0.05, 0) is 30.5 Å². The third-order valence-corrected chi connectivity index (χ3v) is 3.12. The van der Waals surface area contributed by atoms with Gasteiger partial charge >= 0.3 is 0 Å². The molecule has 1 nitrogen and oxygen atoms in total. The van der Waals surface area contributed by atoms with Crippen molar-refractivity contribution in [1.29, 1.82) is 0 Å². The Morgan fingerprint density at radius 3 is 2.92 bits per heavy atom. The van der Waals surface area contributed by atoms with Crippen molar-refractivity contribution in [2.24, 2.45) is 0 Å². The average Bonchev–Trinajstić information content (AvgIpc) is 2.51. The van der Waals surface area contributed by atoms with E-state index in [2.05, 4.69) is 36.5 Å². The molecule has 0 spiro atoms. The van der Waals surface area contributed by atoms with Gasteiger partial charge in [0.05, 0.1) is 6.04 Å². The summed E-state index contributed by atoms with van der Waals surface area (Å²) in [4.78, 5) is 1.37. The van der Waals surface area contributed by atoms with Crippen LogP contribution in [0.1, 0.15) is 29.8 Å². The van der Waals surface area contributed by atoms with Crippen molar-refractivity contribution < 1.29 is 0 Å². The van der Waals surface area contributed by atoms with Gasteiger partial charge in [0.25, 0.3) is 0 Å². The normalized spacial score (nSPS) is 12.4. The minimum absolute atomic E-state index is 0.343. The summed E-state index contributed by atoms with van der Waals surface area (Å²) in [6.45, 7) is 5.20. The van der Waals surface area contributed by atoms with E-state index in [1.54, 1.807) is 11.3 Å². The monoisotopic (exact) mass is 193 g/mol. The van der Waals surface area contributed by atoms with Gasteiger partial charge in [-0.3, -0.25) is 0 Å². The number of thiophene rings is 1. The van der Waals surface area contributed by atoms with Crippen molar-refractivity contribution in [2.45, 2.75) is 26.3 Å². The topological polar surface area (TPSA) is 12.0 Å². The fourth-order valence-corrected chi connectivity index (χ4v) is 2.37. The van der Waals surface area contributed by atoms with Crippen LogP contribution in [0.4, 0.5) is 0 Å². The maximum Gasteiger partial charge on any atom is 0.0528 e. The summed E-state index contributed by atoms with van der Waals surface area (Å²) >= 11 is 1.78. The van der Waals surface area contributed by atoms with Crippen molar-refractivity contribution in [1.82, 2.24) is 5.32 Å². The quantitative estimate of drug-likeness (QED) is 0.725. The van der Waals surface area contributed by atoms with E-state index in [0.717, 1.165) is 13.0 Å². The Morgan fingerprint density at radius 2 is 2.46 bits per heavy atom. The highest BCUT2D eigenvalue weighted by Crippen LogP contribution is 2.25. The molecule has 0 aliphatic carbocycles. The number of rotatable bonds is 4. The van der Waals surface area contributed by atoms with Crippen molar-refractivity contribution in [3.05, 3.63) is 21.9 Å². The standard InChI is InChI=1S/C11H15NS/c1-4-6-10(12-5-2)11-9(3)7-8-13-11/h1,7-8,10,12H,5-6H2,2-3H3. The number of hydrogen-bond donors (Lipinski definition) is 1. The molecule has 0 aromatic carbocycles. The summed E-state index contributed by atoms with van der Waals surface area (Å²) in [5.41, 5.74) is 1.34. The first kappa shape index (κ1) is 10.3. The highest BCUT2D eigenvalue weighted by molar-refractivity contribution is 7.10. The summed E-state index contributed by atoms with van der Waals surface area (Å²) in [6.07, 6.45) is 6.10. The Hall–Kier alpha value is -0.780. The lowest BCUT2D eigenvalue weighted by Gasteiger charge is -2.14. The molecule has 0 bridgehead atoms. The molecule has 0 aliphatic heterocycles. The predicted octanol–water partition coefficient (Wildman–Crippen LogP) is 2.73. The van der Waals surface area contributed by atoms with Gasteiger partial charge in [-0.25, -0.2) is 0 Å². The van der Waals surface area contributed by atoms with Gasteiger partial charge in [0.1, 0.15) is 0 Å². The summed E-state index contributed by atoms with van der Waals surface area (Å²) in [5, 5.41) is 5.51. The van der Waals surface area contributed by atoms with E-state index in [1.165, 1.54) is 10.4 Å². The molecular weight excluding hydrogens is 178 g/mol. The first-order chi connectivity index (χ1) is 6.29. The zero-order chi connectivity index (χ0) is 9.68. The molecule has 1 aromatic heterocycles. The Balaban J connectivity index is 2.76. The largest absolute Gasteiger partial charge is 0.309 e. The molecule has 0 saturated heterocycles. The molecule has 1 aromatic rings. The zero-order valence-electron chi connectivity index (χ0n) is 8.13. The molecule has 70 valence electrons. The molecule has 1 atom stereocenters. The molecular formula is C11H15NS. The van der Waals surface area contributed by atoms with Crippen LogP contribution in [0.5, 0.6) is 0 Å². The van der Waals surface area contributed by atoms with Gasteiger partial charge < -0.3 is 5.32 Å². The SMILES string of the molecule is C#CCC(NCC)c1sccc1C. The second kappa shape index (κ2) is 5.06. The summed E-state index contributed by atoms with van der Waals surface area (Å²) in [5.74, 6) is 2.71. The molecule has 0 fully saturated rings. The Morgan fingerprint density at radius 1 is 1.69 bits per heavy atom. The zero-order valence-corrected chi connectivity index (χ0v) is 8.95. The van der Waals surface area contributed by atoms with E-state index in [1.807, 2.05) is 0 Å². The lowest BCUT2D eigenvalue weighted by Crippen LogP contribution is -2.20. The fourth-order valence-electron chi connectivity index (χ4n) is 1.36. The molecule has 1 heterocycles. The van der Waals surface area contributed by atoms with Crippen LogP contribution >= 0.6 is 11.3 Å².